The van der Waals surface area contributed by atoms with Crippen molar-refractivity contribution in [3.05, 3.63) is 66.2 Å². The molecule has 0 aliphatic rings. The van der Waals surface area contributed by atoms with Crippen LogP contribution in [0.1, 0.15) is 5.56 Å². The zero-order valence-electron chi connectivity index (χ0n) is 12.3. The Balaban J connectivity index is 1.82. The normalized spacial score (nSPS) is 11.0. The fraction of sp³-hybridized carbons (Fsp3) is 0.0588. The molecule has 2 N–H and O–H groups in total. The van der Waals surface area contributed by atoms with Crippen LogP contribution < -0.4 is 5.73 Å². The van der Waals surface area contributed by atoms with Gasteiger partial charge in [0.1, 0.15) is 0 Å². The van der Waals surface area contributed by atoms with Gasteiger partial charge in [-0.3, -0.25) is 0 Å². The van der Waals surface area contributed by atoms with E-state index in [1.54, 1.807) is 4.68 Å². The summed E-state index contributed by atoms with van der Waals surface area (Å²) in [6, 6.07) is 19.8. The summed E-state index contributed by atoms with van der Waals surface area (Å²) in [4.78, 5) is 8.95. The molecule has 0 bridgehead atoms. The largest absolute Gasteiger partial charge is 0.382 e. The average Bonchev–Trinajstić information content (AvgIpc) is 3.00. The van der Waals surface area contributed by atoms with Crippen molar-refractivity contribution in [1.29, 1.82) is 0 Å². The molecule has 0 atom stereocenters. The lowest BCUT2D eigenvalue weighted by molar-refractivity contribution is 0.664. The van der Waals surface area contributed by atoms with E-state index < -0.39 is 0 Å². The van der Waals surface area contributed by atoms with Crippen molar-refractivity contribution in [2.45, 2.75) is 6.54 Å². The number of aromatic nitrogens is 5. The van der Waals surface area contributed by atoms with Crippen molar-refractivity contribution in [2.24, 2.45) is 0 Å². The van der Waals surface area contributed by atoms with E-state index in [0.29, 0.717) is 29.4 Å². The molecule has 0 fully saturated rings. The molecule has 0 saturated carbocycles. The Hall–Kier alpha value is -3.28. The minimum absolute atomic E-state index is 0.341. The third-order valence-electron chi connectivity index (χ3n) is 3.60. The fourth-order valence-electron chi connectivity index (χ4n) is 2.46. The van der Waals surface area contributed by atoms with Crippen LogP contribution in [0.4, 0.5) is 5.82 Å². The number of nitrogens with two attached hydrogens (primary N) is 1. The summed E-state index contributed by atoms with van der Waals surface area (Å²) in [5.74, 6) is 0.917. The van der Waals surface area contributed by atoms with Gasteiger partial charge in [0.25, 0.3) is 0 Å². The van der Waals surface area contributed by atoms with Crippen LogP contribution in [0.5, 0.6) is 0 Å². The predicted molar refractivity (Wildman–Crippen MR) is 88.5 cm³/mol. The zero-order chi connectivity index (χ0) is 15.6. The second kappa shape index (κ2) is 5.49. The van der Waals surface area contributed by atoms with Gasteiger partial charge in [-0.1, -0.05) is 65.9 Å². The maximum absolute atomic E-state index is 6.03. The van der Waals surface area contributed by atoms with Crippen LogP contribution in [-0.4, -0.2) is 25.0 Å². The standard InChI is InChI=1S/C17H14N6/c18-15-14-17(20-16(19-15)13-9-5-2-6-10-13)23(22-21-14)11-12-7-3-1-4-8-12/h1-10H,11H2,(H2,18,19,20). The minimum Gasteiger partial charge on any atom is -0.382 e. The van der Waals surface area contributed by atoms with Crippen molar-refractivity contribution < 1.29 is 0 Å². The second-order valence-electron chi connectivity index (χ2n) is 5.20. The van der Waals surface area contributed by atoms with E-state index in [1.165, 1.54) is 0 Å². The van der Waals surface area contributed by atoms with Gasteiger partial charge >= 0.3 is 0 Å². The Kier molecular flexibility index (Phi) is 3.20. The smallest absolute Gasteiger partial charge is 0.184 e. The Morgan fingerprint density at radius 3 is 2.30 bits per heavy atom. The predicted octanol–water partition coefficient (Wildman–Crippen LogP) is 2.52. The quantitative estimate of drug-likeness (QED) is 0.629. The fourth-order valence-corrected chi connectivity index (χ4v) is 2.46. The summed E-state index contributed by atoms with van der Waals surface area (Å²) in [5, 5.41) is 8.28. The maximum Gasteiger partial charge on any atom is 0.184 e. The van der Waals surface area contributed by atoms with Gasteiger partial charge in [0.05, 0.1) is 6.54 Å². The Morgan fingerprint density at radius 1 is 0.870 bits per heavy atom. The molecule has 23 heavy (non-hydrogen) atoms. The molecule has 0 aliphatic carbocycles. The van der Waals surface area contributed by atoms with Crippen molar-refractivity contribution in [3.63, 3.8) is 0 Å². The van der Waals surface area contributed by atoms with Crippen molar-refractivity contribution in [2.75, 3.05) is 5.73 Å². The molecule has 0 amide bonds. The lowest BCUT2D eigenvalue weighted by Crippen LogP contribution is -2.04. The monoisotopic (exact) mass is 302 g/mol. The lowest BCUT2D eigenvalue weighted by atomic mass is 10.2. The van der Waals surface area contributed by atoms with Crippen molar-refractivity contribution in [1.82, 2.24) is 25.0 Å². The number of nitrogens with zero attached hydrogens (tertiary/aromatic N) is 5. The zero-order valence-corrected chi connectivity index (χ0v) is 12.3. The third kappa shape index (κ3) is 2.50. The van der Waals surface area contributed by atoms with Crippen LogP contribution in [0.2, 0.25) is 0 Å². The number of hydrogen-bond donors (Lipinski definition) is 1. The number of anilines is 1. The van der Waals surface area contributed by atoms with E-state index >= 15 is 0 Å². The first-order valence-corrected chi connectivity index (χ1v) is 7.27. The number of fused-ring (bicyclic) bond motifs is 1. The minimum atomic E-state index is 0.341. The first-order valence-electron chi connectivity index (χ1n) is 7.27. The summed E-state index contributed by atoms with van der Waals surface area (Å²) in [5.41, 5.74) is 9.24. The highest BCUT2D eigenvalue weighted by Crippen LogP contribution is 2.21. The van der Waals surface area contributed by atoms with Gasteiger partial charge in [-0.05, 0) is 5.56 Å². The summed E-state index contributed by atoms with van der Waals surface area (Å²) < 4.78 is 1.75. The van der Waals surface area contributed by atoms with E-state index in [9.17, 15) is 0 Å². The summed E-state index contributed by atoms with van der Waals surface area (Å²) >= 11 is 0. The molecular weight excluding hydrogens is 288 g/mol. The topological polar surface area (TPSA) is 82.5 Å². The van der Waals surface area contributed by atoms with Gasteiger partial charge in [-0.2, -0.15) is 0 Å². The summed E-state index contributed by atoms with van der Waals surface area (Å²) in [6.45, 7) is 0.585. The molecule has 2 aromatic carbocycles. The van der Waals surface area contributed by atoms with Crippen LogP contribution in [0.3, 0.4) is 0 Å². The first-order chi connectivity index (χ1) is 11.3. The molecule has 0 radical (unpaired) electrons. The number of hydrogen-bond acceptors (Lipinski definition) is 5. The molecule has 2 aromatic heterocycles. The van der Waals surface area contributed by atoms with E-state index in [2.05, 4.69) is 20.3 Å². The number of benzene rings is 2. The van der Waals surface area contributed by atoms with E-state index in [0.717, 1.165) is 11.1 Å². The van der Waals surface area contributed by atoms with Crippen LogP contribution in [0.25, 0.3) is 22.6 Å². The van der Waals surface area contributed by atoms with Crippen LogP contribution >= 0.6 is 0 Å². The molecule has 112 valence electrons. The summed E-state index contributed by atoms with van der Waals surface area (Å²) in [7, 11) is 0. The molecular formula is C17H14N6. The van der Waals surface area contributed by atoms with Gasteiger partial charge in [-0.15, -0.1) is 5.10 Å². The van der Waals surface area contributed by atoms with Gasteiger partial charge < -0.3 is 5.73 Å². The number of nitrogen functional groups attached to an aromatic ring is 1. The highest BCUT2D eigenvalue weighted by atomic mass is 15.4. The van der Waals surface area contributed by atoms with Gasteiger partial charge in [0.15, 0.2) is 22.8 Å². The molecule has 0 saturated heterocycles. The number of rotatable bonds is 3. The van der Waals surface area contributed by atoms with Gasteiger partial charge in [-0.25, -0.2) is 14.6 Å². The van der Waals surface area contributed by atoms with E-state index in [-0.39, 0.29) is 0 Å². The molecule has 0 unspecified atom stereocenters. The Labute approximate surface area is 132 Å². The molecule has 0 spiro atoms. The molecule has 0 aliphatic heterocycles. The highest BCUT2D eigenvalue weighted by molar-refractivity contribution is 5.83. The lowest BCUT2D eigenvalue weighted by Gasteiger charge is -2.04. The SMILES string of the molecule is Nc1nc(-c2ccccc2)nc2c1nnn2Cc1ccccc1. The molecule has 6 heteroatoms. The van der Waals surface area contributed by atoms with E-state index in [4.69, 9.17) is 5.73 Å². The third-order valence-corrected chi connectivity index (χ3v) is 3.60. The van der Waals surface area contributed by atoms with Crippen molar-refractivity contribution >= 4 is 17.0 Å². The van der Waals surface area contributed by atoms with Crippen LogP contribution in [0.15, 0.2) is 60.7 Å². The van der Waals surface area contributed by atoms with Gasteiger partial charge in [0.2, 0.25) is 0 Å². The second-order valence-corrected chi connectivity index (χ2v) is 5.20. The molecule has 6 nitrogen and oxygen atoms in total. The summed E-state index contributed by atoms with van der Waals surface area (Å²) in [6.07, 6.45) is 0. The molecule has 4 aromatic rings. The highest BCUT2D eigenvalue weighted by Gasteiger charge is 2.13. The Bertz CT molecular complexity index is 947. The molecule has 4 rings (SSSR count). The average molecular weight is 302 g/mol. The van der Waals surface area contributed by atoms with Crippen LogP contribution in [0, 0.1) is 0 Å². The van der Waals surface area contributed by atoms with Crippen molar-refractivity contribution in [3.8, 4) is 11.4 Å². The van der Waals surface area contributed by atoms with Crippen LogP contribution in [-0.2, 0) is 6.54 Å². The Morgan fingerprint density at radius 2 is 1.57 bits per heavy atom. The maximum atomic E-state index is 6.03. The van der Waals surface area contributed by atoms with Gasteiger partial charge in [0, 0.05) is 5.56 Å². The van der Waals surface area contributed by atoms with E-state index in [1.807, 2.05) is 60.7 Å². The molecule has 2 heterocycles. The first kappa shape index (κ1) is 13.4.